The minimum atomic E-state index is -0.455. The van der Waals surface area contributed by atoms with Crippen LogP contribution < -0.4 is 5.73 Å². The number of nitrogens with two attached hydrogens (primary N) is 1. The topological polar surface area (TPSA) is 58.8 Å². The van der Waals surface area contributed by atoms with Gasteiger partial charge in [-0.1, -0.05) is 30.3 Å². The molecular weight excluding hydrogens is 302 g/mol. The maximum Gasteiger partial charge on any atom is 0.410 e. The zero-order valence-electron chi connectivity index (χ0n) is 14.9. The molecule has 2 saturated heterocycles. The van der Waals surface area contributed by atoms with Crippen LogP contribution >= 0.6 is 0 Å². The summed E-state index contributed by atoms with van der Waals surface area (Å²) in [7, 11) is 0. The van der Waals surface area contributed by atoms with Gasteiger partial charge >= 0.3 is 6.09 Å². The van der Waals surface area contributed by atoms with Crippen molar-refractivity contribution in [1.29, 1.82) is 0 Å². The number of hydrogen-bond acceptors (Lipinski definition) is 4. The highest BCUT2D eigenvalue weighted by atomic mass is 16.6. The molecule has 5 nitrogen and oxygen atoms in total. The van der Waals surface area contributed by atoms with Gasteiger partial charge in [-0.3, -0.25) is 4.90 Å². The fraction of sp³-hybridized carbons (Fsp3) is 0.632. The van der Waals surface area contributed by atoms with Gasteiger partial charge in [-0.25, -0.2) is 4.79 Å². The Bertz CT molecular complexity index is 554. The molecule has 3 atom stereocenters. The van der Waals surface area contributed by atoms with E-state index in [4.69, 9.17) is 10.5 Å². The molecule has 2 aliphatic heterocycles. The molecule has 1 aromatic rings. The van der Waals surface area contributed by atoms with Crippen LogP contribution in [0.3, 0.4) is 0 Å². The summed E-state index contributed by atoms with van der Waals surface area (Å²) in [5, 5.41) is 0. The van der Waals surface area contributed by atoms with Crippen LogP contribution in [0.4, 0.5) is 4.79 Å². The molecule has 1 amide bonds. The number of benzene rings is 1. The third kappa shape index (κ3) is 4.08. The van der Waals surface area contributed by atoms with Gasteiger partial charge in [0.05, 0.1) is 0 Å². The maximum atomic E-state index is 12.4. The second kappa shape index (κ2) is 6.73. The lowest BCUT2D eigenvalue weighted by Crippen LogP contribution is -2.64. The Labute approximate surface area is 144 Å². The number of piperazine rings is 1. The lowest BCUT2D eigenvalue weighted by atomic mass is 9.87. The Morgan fingerprint density at radius 1 is 1.17 bits per heavy atom. The zero-order valence-corrected chi connectivity index (χ0v) is 14.9. The molecule has 2 bridgehead atoms. The molecule has 3 rings (SSSR count). The Morgan fingerprint density at radius 2 is 1.75 bits per heavy atom. The summed E-state index contributed by atoms with van der Waals surface area (Å²) in [5.41, 5.74) is 7.10. The fourth-order valence-corrected chi connectivity index (χ4v) is 3.83. The SMILES string of the molecule is CC(C)(C)OC(=O)N1C[C@H]2CC(N)C[C@@H](C1)N2Cc1ccccc1. The summed E-state index contributed by atoms with van der Waals surface area (Å²) in [5.74, 6) is 0. The number of likely N-dealkylation sites (tertiary alicyclic amines) is 1. The average Bonchev–Trinajstić information content (AvgIpc) is 2.47. The number of ether oxygens (including phenoxy) is 1. The van der Waals surface area contributed by atoms with Gasteiger partial charge in [0.2, 0.25) is 0 Å². The third-order valence-electron chi connectivity index (χ3n) is 4.81. The predicted molar refractivity (Wildman–Crippen MR) is 94.6 cm³/mol. The summed E-state index contributed by atoms with van der Waals surface area (Å²) < 4.78 is 5.56. The Balaban J connectivity index is 1.70. The van der Waals surface area contributed by atoms with E-state index in [2.05, 4.69) is 29.2 Å². The molecule has 5 heteroatoms. The summed E-state index contributed by atoms with van der Waals surface area (Å²) in [6.07, 6.45) is 1.66. The quantitative estimate of drug-likeness (QED) is 0.905. The number of rotatable bonds is 2. The molecular formula is C19H29N3O2. The van der Waals surface area contributed by atoms with Crippen molar-refractivity contribution in [2.45, 2.75) is 63.9 Å². The number of piperidine rings is 1. The fourth-order valence-electron chi connectivity index (χ4n) is 3.83. The van der Waals surface area contributed by atoms with Crippen molar-refractivity contribution in [2.24, 2.45) is 5.73 Å². The number of hydrogen-bond donors (Lipinski definition) is 1. The largest absolute Gasteiger partial charge is 0.444 e. The predicted octanol–water partition coefficient (Wildman–Crippen LogP) is 2.60. The van der Waals surface area contributed by atoms with E-state index in [-0.39, 0.29) is 12.1 Å². The summed E-state index contributed by atoms with van der Waals surface area (Å²) in [6, 6.07) is 11.4. The van der Waals surface area contributed by atoms with Crippen LogP contribution in [0.15, 0.2) is 30.3 Å². The van der Waals surface area contributed by atoms with Crippen LogP contribution in [-0.4, -0.2) is 52.7 Å². The van der Waals surface area contributed by atoms with Crippen molar-refractivity contribution in [2.75, 3.05) is 13.1 Å². The molecule has 2 aliphatic rings. The highest BCUT2D eigenvalue weighted by Gasteiger charge is 2.42. The maximum absolute atomic E-state index is 12.4. The lowest BCUT2D eigenvalue weighted by Gasteiger charge is -2.51. The number of carbonyl (C=O) groups excluding carboxylic acids is 1. The van der Waals surface area contributed by atoms with Gasteiger partial charge in [-0.15, -0.1) is 0 Å². The molecule has 2 fully saturated rings. The zero-order chi connectivity index (χ0) is 17.3. The van der Waals surface area contributed by atoms with Crippen LogP contribution in [0.5, 0.6) is 0 Å². The smallest absolute Gasteiger partial charge is 0.410 e. The van der Waals surface area contributed by atoms with E-state index in [0.717, 1.165) is 19.4 Å². The molecule has 0 radical (unpaired) electrons. The van der Waals surface area contributed by atoms with Crippen LogP contribution in [-0.2, 0) is 11.3 Å². The van der Waals surface area contributed by atoms with Gasteiger partial charge in [0.1, 0.15) is 5.60 Å². The van der Waals surface area contributed by atoms with Crippen molar-refractivity contribution in [3.63, 3.8) is 0 Å². The third-order valence-corrected chi connectivity index (χ3v) is 4.81. The molecule has 0 spiro atoms. The monoisotopic (exact) mass is 331 g/mol. The van der Waals surface area contributed by atoms with Gasteiger partial charge in [0.25, 0.3) is 0 Å². The molecule has 0 aliphatic carbocycles. The molecule has 1 unspecified atom stereocenters. The minimum absolute atomic E-state index is 0.202. The summed E-state index contributed by atoms with van der Waals surface area (Å²) >= 11 is 0. The second-order valence-electron chi connectivity index (χ2n) is 8.08. The normalized spacial score (nSPS) is 27.8. The molecule has 2 N–H and O–H groups in total. The van der Waals surface area contributed by atoms with Crippen LogP contribution in [0, 0.1) is 0 Å². The van der Waals surface area contributed by atoms with E-state index < -0.39 is 5.60 Å². The van der Waals surface area contributed by atoms with Gasteiger partial charge in [0.15, 0.2) is 0 Å². The van der Waals surface area contributed by atoms with Gasteiger partial charge in [0, 0.05) is 37.8 Å². The number of fused-ring (bicyclic) bond motifs is 2. The van der Waals surface area contributed by atoms with Crippen molar-refractivity contribution in [1.82, 2.24) is 9.80 Å². The second-order valence-corrected chi connectivity index (χ2v) is 8.08. The highest BCUT2D eigenvalue weighted by molar-refractivity contribution is 5.68. The van der Waals surface area contributed by atoms with Crippen molar-refractivity contribution in [3.8, 4) is 0 Å². The van der Waals surface area contributed by atoms with Gasteiger partial charge < -0.3 is 15.4 Å². The summed E-state index contributed by atoms with van der Waals surface area (Å²) in [4.78, 5) is 16.8. The number of nitrogens with zero attached hydrogens (tertiary/aromatic N) is 2. The van der Waals surface area contributed by atoms with Crippen molar-refractivity contribution in [3.05, 3.63) is 35.9 Å². The van der Waals surface area contributed by atoms with Gasteiger partial charge in [-0.05, 0) is 39.2 Å². The minimum Gasteiger partial charge on any atom is -0.444 e. The molecule has 1 aromatic carbocycles. The van der Waals surface area contributed by atoms with Crippen molar-refractivity contribution >= 4 is 6.09 Å². The Kier molecular flexibility index (Phi) is 4.83. The molecule has 24 heavy (non-hydrogen) atoms. The van der Waals surface area contributed by atoms with Crippen molar-refractivity contribution < 1.29 is 9.53 Å². The highest BCUT2D eigenvalue weighted by Crippen LogP contribution is 2.30. The molecule has 2 heterocycles. The number of amides is 1. The average molecular weight is 331 g/mol. The van der Waals surface area contributed by atoms with E-state index >= 15 is 0 Å². The first-order chi connectivity index (χ1) is 11.3. The standard InChI is InChI=1S/C19H29N3O2/c1-19(2,3)24-18(23)21-12-16-9-15(20)10-17(13-21)22(16)11-14-7-5-4-6-8-14/h4-8,15-17H,9-13,20H2,1-3H3/t15?,16-,17+. The van der Waals surface area contributed by atoms with Crippen LogP contribution in [0.25, 0.3) is 0 Å². The Morgan fingerprint density at radius 3 is 2.29 bits per heavy atom. The number of carbonyl (C=O) groups is 1. The molecule has 0 aromatic heterocycles. The van der Waals surface area contributed by atoms with E-state index in [1.165, 1.54) is 5.56 Å². The van der Waals surface area contributed by atoms with E-state index in [0.29, 0.717) is 25.2 Å². The first-order valence-electron chi connectivity index (χ1n) is 8.85. The lowest BCUT2D eigenvalue weighted by molar-refractivity contribution is -0.0370. The van der Waals surface area contributed by atoms with Crippen LogP contribution in [0.2, 0.25) is 0 Å². The van der Waals surface area contributed by atoms with E-state index in [1.54, 1.807) is 0 Å². The van der Waals surface area contributed by atoms with E-state index in [9.17, 15) is 4.79 Å². The Hall–Kier alpha value is -1.59. The first-order valence-corrected chi connectivity index (χ1v) is 8.85. The van der Waals surface area contributed by atoms with Crippen LogP contribution in [0.1, 0.15) is 39.2 Å². The van der Waals surface area contributed by atoms with E-state index in [1.807, 2.05) is 31.7 Å². The van der Waals surface area contributed by atoms with Gasteiger partial charge in [-0.2, -0.15) is 0 Å². The summed E-state index contributed by atoms with van der Waals surface area (Å²) in [6.45, 7) is 8.05. The first kappa shape index (κ1) is 17.2. The molecule has 132 valence electrons. The molecule has 0 saturated carbocycles.